The van der Waals surface area contributed by atoms with Gasteiger partial charge in [-0.05, 0) is 74.0 Å². The van der Waals surface area contributed by atoms with E-state index in [-0.39, 0.29) is 0 Å². The molecule has 0 spiro atoms. The smallest absolute Gasteiger partial charge is 0.188 e. The van der Waals surface area contributed by atoms with Crippen molar-refractivity contribution in [3.8, 4) is 0 Å². The van der Waals surface area contributed by atoms with Crippen molar-refractivity contribution in [1.29, 1.82) is 0 Å². The topological polar surface area (TPSA) is 36.9 Å². The molecule has 0 aliphatic carbocycles. The van der Waals surface area contributed by atoms with Crippen molar-refractivity contribution in [2.75, 3.05) is 50.3 Å². The van der Waals surface area contributed by atoms with Crippen LogP contribution in [0, 0.1) is 0 Å². The maximum atomic E-state index is 5.65. The van der Waals surface area contributed by atoms with Gasteiger partial charge in [-0.1, -0.05) is 21.6 Å². The van der Waals surface area contributed by atoms with Crippen LogP contribution < -0.4 is 0 Å². The second-order valence-corrected chi connectivity index (χ2v) is 16.9. The summed E-state index contributed by atoms with van der Waals surface area (Å²) in [4.78, 5) is 0. The number of rotatable bonds is 18. The fourth-order valence-electron chi connectivity index (χ4n) is 1.86. The van der Waals surface area contributed by atoms with Crippen LogP contribution in [-0.4, -0.2) is 50.3 Å². The van der Waals surface area contributed by atoms with Crippen molar-refractivity contribution in [2.45, 2.75) is 40.5 Å². The standard InChI is InChI=1S/C14H32O4P2S5/c1-5-15-19(21,16-6-2)11-9-13-23-25-24-14-10-12-20(22,17-7-3)18-8-4/h5-14H2,1-4H3. The number of hydrogen-bond acceptors (Lipinski definition) is 9. The molecule has 0 N–H and O–H groups in total. The van der Waals surface area contributed by atoms with Gasteiger partial charge in [0.2, 0.25) is 0 Å². The Morgan fingerprint density at radius 1 is 0.640 bits per heavy atom. The van der Waals surface area contributed by atoms with Crippen molar-refractivity contribution in [3.63, 3.8) is 0 Å². The summed E-state index contributed by atoms with van der Waals surface area (Å²) in [5, 5.41) is 0. The predicted molar refractivity (Wildman–Crippen MR) is 127 cm³/mol. The summed E-state index contributed by atoms with van der Waals surface area (Å²) in [6.07, 6.45) is 3.78. The maximum Gasteiger partial charge on any atom is 0.188 e. The van der Waals surface area contributed by atoms with Gasteiger partial charge in [0, 0.05) is 23.8 Å². The van der Waals surface area contributed by atoms with E-state index in [1.165, 1.54) is 0 Å². The molecule has 0 atom stereocenters. The van der Waals surface area contributed by atoms with Crippen molar-refractivity contribution < 1.29 is 18.1 Å². The number of hydrogen-bond donors (Lipinski definition) is 0. The molecule has 0 rings (SSSR count). The third-order valence-electron chi connectivity index (χ3n) is 2.72. The van der Waals surface area contributed by atoms with E-state index in [0.29, 0.717) is 26.4 Å². The lowest BCUT2D eigenvalue weighted by Crippen LogP contribution is -2.00. The van der Waals surface area contributed by atoms with Crippen molar-refractivity contribution in [2.24, 2.45) is 0 Å². The third kappa shape index (κ3) is 14.8. The van der Waals surface area contributed by atoms with Crippen molar-refractivity contribution in [3.05, 3.63) is 0 Å². The fraction of sp³-hybridized carbons (Fsp3) is 1.00. The van der Waals surface area contributed by atoms with E-state index >= 15 is 0 Å². The van der Waals surface area contributed by atoms with E-state index < -0.39 is 13.0 Å². The van der Waals surface area contributed by atoms with Gasteiger partial charge in [-0.25, -0.2) is 0 Å². The van der Waals surface area contributed by atoms with Gasteiger partial charge in [-0.3, -0.25) is 0 Å². The summed E-state index contributed by atoms with van der Waals surface area (Å²) >= 11 is 11.1. The van der Waals surface area contributed by atoms with Crippen LogP contribution in [0.2, 0.25) is 0 Å². The maximum absolute atomic E-state index is 5.65. The normalized spacial score (nSPS) is 12.6. The summed E-state index contributed by atoms with van der Waals surface area (Å²) in [5.74, 6) is 2.12. The monoisotopic (exact) mass is 486 g/mol. The van der Waals surface area contributed by atoms with E-state index in [0.717, 1.165) is 36.7 Å². The molecule has 0 saturated heterocycles. The molecule has 0 bridgehead atoms. The Bertz CT molecular complexity index is 359. The molecule has 11 heteroatoms. The molecule has 0 fully saturated rings. The summed E-state index contributed by atoms with van der Waals surface area (Å²) in [5.41, 5.74) is 0. The summed E-state index contributed by atoms with van der Waals surface area (Å²) in [6.45, 7) is 6.30. The molecule has 0 aliphatic heterocycles. The van der Waals surface area contributed by atoms with Crippen LogP contribution >= 0.6 is 44.4 Å². The Balaban J connectivity index is 3.73. The van der Waals surface area contributed by atoms with Crippen LogP contribution in [0.25, 0.3) is 0 Å². The van der Waals surface area contributed by atoms with Gasteiger partial charge in [0.15, 0.2) is 13.0 Å². The summed E-state index contributed by atoms with van der Waals surface area (Å²) in [7, 11) is 5.57. The van der Waals surface area contributed by atoms with Crippen LogP contribution in [0.4, 0.5) is 0 Å². The van der Waals surface area contributed by atoms with Crippen molar-refractivity contribution >= 4 is 68.0 Å². The van der Waals surface area contributed by atoms with E-state index in [1.807, 2.05) is 59.1 Å². The highest BCUT2D eigenvalue weighted by atomic mass is 33.5. The molecule has 4 nitrogen and oxygen atoms in total. The SMILES string of the molecule is CCOP(=S)(CCCSSSCCCP(=S)(OCC)OCC)OCC. The molecule has 0 aliphatic rings. The largest absolute Gasteiger partial charge is 0.330 e. The zero-order valence-electron chi connectivity index (χ0n) is 15.6. The second-order valence-electron chi connectivity index (χ2n) is 4.76. The predicted octanol–water partition coefficient (Wildman–Crippen LogP) is 6.56. The Morgan fingerprint density at radius 2 is 0.960 bits per heavy atom. The van der Waals surface area contributed by atoms with E-state index in [4.69, 9.17) is 41.7 Å². The minimum atomic E-state index is -2.05. The zero-order chi connectivity index (χ0) is 19.0. The minimum Gasteiger partial charge on any atom is -0.330 e. The van der Waals surface area contributed by atoms with E-state index in [9.17, 15) is 0 Å². The molecule has 0 radical (unpaired) electrons. The zero-order valence-corrected chi connectivity index (χ0v) is 21.5. The molecular weight excluding hydrogens is 454 g/mol. The molecule has 0 saturated carbocycles. The van der Waals surface area contributed by atoms with Crippen LogP contribution in [0.5, 0.6) is 0 Å². The minimum absolute atomic E-state index is 0.630. The Labute approximate surface area is 176 Å². The Kier molecular flexibility index (Phi) is 18.6. The summed E-state index contributed by atoms with van der Waals surface area (Å²) < 4.78 is 22.6. The fourth-order valence-corrected chi connectivity index (χ4v) is 11.5. The molecular formula is C14H32O4P2S5. The van der Waals surface area contributed by atoms with Gasteiger partial charge in [0.05, 0.1) is 26.4 Å². The first kappa shape index (κ1) is 27.2. The average Bonchev–Trinajstić information content (AvgIpc) is 2.54. The lowest BCUT2D eigenvalue weighted by Gasteiger charge is -2.20. The lowest BCUT2D eigenvalue weighted by atomic mass is 10.6. The third-order valence-corrected chi connectivity index (χ3v) is 13.8. The molecule has 25 heavy (non-hydrogen) atoms. The average molecular weight is 487 g/mol. The van der Waals surface area contributed by atoms with Gasteiger partial charge in [0.1, 0.15) is 0 Å². The highest BCUT2D eigenvalue weighted by molar-refractivity contribution is 9.09. The van der Waals surface area contributed by atoms with E-state index in [2.05, 4.69) is 0 Å². The van der Waals surface area contributed by atoms with Crippen molar-refractivity contribution in [1.82, 2.24) is 0 Å². The van der Waals surface area contributed by atoms with Gasteiger partial charge in [0.25, 0.3) is 0 Å². The van der Waals surface area contributed by atoms with Crippen LogP contribution in [-0.2, 0) is 41.7 Å². The molecule has 152 valence electrons. The Morgan fingerprint density at radius 3 is 1.24 bits per heavy atom. The first-order valence-corrected chi connectivity index (χ1v) is 18.1. The van der Waals surface area contributed by atoms with Crippen LogP contribution in [0.15, 0.2) is 0 Å². The van der Waals surface area contributed by atoms with Crippen LogP contribution in [0.1, 0.15) is 40.5 Å². The molecule has 0 aromatic carbocycles. The van der Waals surface area contributed by atoms with Gasteiger partial charge in [-0.2, -0.15) is 0 Å². The molecule has 0 unspecified atom stereocenters. The molecule has 0 aromatic heterocycles. The first-order valence-electron chi connectivity index (χ1n) is 8.62. The second kappa shape index (κ2) is 17.1. The lowest BCUT2D eigenvalue weighted by molar-refractivity contribution is 0.266. The molecule has 0 heterocycles. The van der Waals surface area contributed by atoms with Crippen LogP contribution in [0.3, 0.4) is 0 Å². The summed E-state index contributed by atoms with van der Waals surface area (Å²) in [6, 6.07) is 0. The highest BCUT2D eigenvalue weighted by Gasteiger charge is 2.18. The molecule has 0 amide bonds. The quantitative estimate of drug-likeness (QED) is 0.122. The van der Waals surface area contributed by atoms with E-state index in [1.54, 1.807) is 0 Å². The van der Waals surface area contributed by atoms with Gasteiger partial charge in [-0.15, -0.1) is 0 Å². The first-order chi connectivity index (χ1) is 11.9. The van der Waals surface area contributed by atoms with Gasteiger partial charge >= 0.3 is 0 Å². The molecule has 0 aromatic rings. The van der Waals surface area contributed by atoms with Gasteiger partial charge < -0.3 is 18.1 Å². The highest BCUT2D eigenvalue weighted by Crippen LogP contribution is 2.50. The Hall–Kier alpha value is 2.19.